The van der Waals surface area contributed by atoms with Gasteiger partial charge in [-0.3, -0.25) is 9.80 Å². The minimum Gasteiger partial charge on any atom is -0.295 e. The highest BCUT2D eigenvalue weighted by Crippen LogP contribution is 2.33. The van der Waals surface area contributed by atoms with Gasteiger partial charge in [0.05, 0.1) is 0 Å². The Hall–Kier alpha value is -0.340. The molecule has 0 radical (unpaired) electrons. The van der Waals surface area contributed by atoms with Gasteiger partial charge in [0, 0.05) is 36.3 Å². The fourth-order valence-electron chi connectivity index (χ4n) is 3.58. The molecule has 0 saturated carbocycles. The van der Waals surface area contributed by atoms with Crippen molar-refractivity contribution in [1.29, 1.82) is 0 Å². The Morgan fingerprint density at radius 3 is 1.56 bits per heavy atom. The maximum absolute atomic E-state index is 2.77. The Morgan fingerprint density at radius 2 is 1.22 bits per heavy atom. The number of rotatable bonds is 0. The van der Waals surface area contributed by atoms with Gasteiger partial charge in [-0.15, -0.1) is 0 Å². The monoisotopic (exact) mass is 250 g/mol. The van der Waals surface area contributed by atoms with E-state index in [1.54, 1.807) is 0 Å². The van der Waals surface area contributed by atoms with Crippen molar-refractivity contribution < 1.29 is 0 Å². The van der Waals surface area contributed by atoms with Crippen LogP contribution in [0.1, 0.15) is 54.4 Å². The third kappa shape index (κ3) is 2.80. The van der Waals surface area contributed by atoms with Gasteiger partial charge in [-0.25, -0.2) is 0 Å². The lowest BCUT2D eigenvalue weighted by molar-refractivity contribution is -0.0579. The van der Waals surface area contributed by atoms with Gasteiger partial charge in [-0.2, -0.15) is 0 Å². The third-order valence-electron chi connectivity index (χ3n) is 4.36. The van der Waals surface area contributed by atoms with E-state index in [-0.39, 0.29) is 5.54 Å². The molecule has 2 heterocycles. The van der Waals surface area contributed by atoms with E-state index in [1.165, 1.54) is 25.9 Å². The standard InChI is InChI=1S/C16H30N2/c1-15(2,3)17-11-13-9-7-8-10-14(12-17)18(13)16(4,5)6/h7-8,13-14H,9-12H2,1-6H3. The molecule has 0 amide bonds. The van der Waals surface area contributed by atoms with Crippen LogP contribution in [-0.4, -0.2) is 46.1 Å². The summed E-state index contributed by atoms with van der Waals surface area (Å²) in [7, 11) is 0. The van der Waals surface area contributed by atoms with Gasteiger partial charge in [0.1, 0.15) is 0 Å². The molecule has 2 atom stereocenters. The highest BCUT2D eigenvalue weighted by Gasteiger charge is 2.42. The van der Waals surface area contributed by atoms with E-state index in [1.807, 2.05) is 0 Å². The third-order valence-corrected chi connectivity index (χ3v) is 4.36. The summed E-state index contributed by atoms with van der Waals surface area (Å²) < 4.78 is 0. The molecule has 0 N–H and O–H groups in total. The largest absolute Gasteiger partial charge is 0.295 e. The van der Waals surface area contributed by atoms with Gasteiger partial charge in [0.2, 0.25) is 0 Å². The van der Waals surface area contributed by atoms with Gasteiger partial charge in [0.15, 0.2) is 0 Å². The molecule has 18 heavy (non-hydrogen) atoms. The van der Waals surface area contributed by atoms with Gasteiger partial charge in [0.25, 0.3) is 0 Å². The van der Waals surface area contributed by atoms with Gasteiger partial charge in [-0.1, -0.05) is 12.2 Å². The first-order valence-electron chi connectivity index (χ1n) is 7.38. The summed E-state index contributed by atoms with van der Waals surface area (Å²) in [5.74, 6) is 0. The van der Waals surface area contributed by atoms with E-state index in [4.69, 9.17) is 0 Å². The first-order valence-corrected chi connectivity index (χ1v) is 7.38. The summed E-state index contributed by atoms with van der Waals surface area (Å²) in [4.78, 5) is 5.45. The van der Waals surface area contributed by atoms with E-state index in [9.17, 15) is 0 Å². The molecule has 104 valence electrons. The molecule has 0 aliphatic carbocycles. The minimum absolute atomic E-state index is 0.283. The maximum Gasteiger partial charge on any atom is 0.0266 e. The fourth-order valence-corrected chi connectivity index (χ4v) is 3.58. The van der Waals surface area contributed by atoms with Crippen LogP contribution in [0.15, 0.2) is 12.2 Å². The fraction of sp³-hybridized carbons (Fsp3) is 0.875. The normalized spacial score (nSPS) is 31.4. The van der Waals surface area contributed by atoms with Crippen molar-refractivity contribution in [2.45, 2.75) is 77.5 Å². The van der Waals surface area contributed by atoms with Crippen LogP contribution < -0.4 is 0 Å². The average molecular weight is 250 g/mol. The zero-order valence-corrected chi connectivity index (χ0v) is 13.0. The lowest BCUT2D eigenvalue weighted by atomic mass is 9.91. The molecule has 0 aromatic carbocycles. The maximum atomic E-state index is 2.77. The Bertz CT molecular complexity index is 301. The van der Waals surface area contributed by atoms with Crippen molar-refractivity contribution >= 4 is 0 Å². The number of nitrogens with zero attached hydrogens (tertiary/aromatic N) is 2. The summed E-state index contributed by atoms with van der Waals surface area (Å²) in [6.45, 7) is 16.6. The van der Waals surface area contributed by atoms with E-state index in [0.29, 0.717) is 17.6 Å². The van der Waals surface area contributed by atoms with Crippen LogP contribution in [0.4, 0.5) is 0 Å². The van der Waals surface area contributed by atoms with Crippen LogP contribution in [0, 0.1) is 0 Å². The van der Waals surface area contributed by atoms with Crippen LogP contribution in [0.25, 0.3) is 0 Å². The summed E-state index contributed by atoms with van der Waals surface area (Å²) in [5.41, 5.74) is 0.580. The minimum atomic E-state index is 0.283. The van der Waals surface area contributed by atoms with E-state index < -0.39 is 0 Å². The predicted octanol–water partition coefficient (Wildman–Crippen LogP) is 3.29. The molecule has 0 spiro atoms. The second kappa shape index (κ2) is 4.64. The molecule has 1 fully saturated rings. The van der Waals surface area contributed by atoms with Crippen LogP contribution >= 0.6 is 0 Å². The predicted molar refractivity (Wildman–Crippen MR) is 78.9 cm³/mol. The van der Waals surface area contributed by atoms with Crippen molar-refractivity contribution in [3.05, 3.63) is 12.2 Å². The molecular formula is C16H30N2. The van der Waals surface area contributed by atoms with Gasteiger partial charge < -0.3 is 0 Å². The first-order chi connectivity index (χ1) is 8.19. The van der Waals surface area contributed by atoms with Crippen LogP contribution in [-0.2, 0) is 0 Å². The molecule has 0 aromatic heterocycles. The highest BCUT2D eigenvalue weighted by molar-refractivity contribution is 5.06. The molecular weight excluding hydrogens is 220 g/mol. The highest BCUT2D eigenvalue weighted by atomic mass is 15.4. The summed E-state index contributed by atoms with van der Waals surface area (Å²) >= 11 is 0. The van der Waals surface area contributed by atoms with Crippen molar-refractivity contribution in [2.24, 2.45) is 0 Å². The van der Waals surface area contributed by atoms with Crippen LogP contribution in [0.5, 0.6) is 0 Å². The van der Waals surface area contributed by atoms with Crippen molar-refractivity contribution in [2.75, 3.05) is 13.1 Å². The molecule has 2 bridgehead atoms. The Morgan fingerprint density at radius 1 is 0.778 bits per heavy atom. The van der Waals surface area contributed by atoms with Gasteiger partial charge in [-0.05, 0) is 54.4 Å². The molecule has 2 aliphatic rings. The lowest BCUT2D eigenvalue weighted by Crippen LogP contribution is -2.66. The molecule has 2 rings (SSSR count). The average Bonchev–Trinajstić information content (AvgIpc) is 2.32. The zero-order valence-electron chi connectivity index (χ0n) is 13.0. The quantitative estimate of drug-likeness (QED) is 0.609. The SMILES string of the molecule is CC(C)(C)N1CC2CC=CCC(C1)N2C(C)(C)C. The van der Waals surface area contributed by atoms with Crippen LogP contribution in [0.3, 0.4) is 0 Å². The Kier molecular flexibility index (Phi) is 3.63. The molecule has 2 nitrogen and oxygen atoms in total. The summed E-state index contributed by atoms with van der Waals surface area (Å²) in [6.07, 6.45) is 7.21. The van der Waals surface area contributed by atoms with Crippen molar-refractivity contribution in [3.8, 4) is 0 Å². The first kappa shape index (κ1) is 14.1. The summed E-state index contributed by atoms with van der Waals surface area (Å²) in [6, 6.07) is 1.36. The number of hydrogen-bond acceptors (Lipinski definition) is 2. The number of hydrogen-bond donors (Lipinski definition) is 0. The van der Waals surface area contributed by atoms with E-state index in [2.05, 4.69) is 63.5 Å². The second-order valence-electron chi connectivity index (χ2n) is 7.90. The van der Waals surface area contributed by atoms with E-state index >= 15 is 0 Å². The smallest absolute Gasteiger partial charge is 0.0266 e. The van der Waals surface area contributed by atoms with Crippen molar-refractivity contribution in [3.63, 3.8) is 0 Å². The second-order valence-corrected chi connectivity index (χ2v) is 7.90. The van der Waals surface area contributed by atoms with Crippen molar-refractivity contribution in [1.82, 2.24) is 9.80 Å². The number of fused-ring (bicyclic) bond motifs is 2. The van der Waals surface area contributed by atoms with Gasteiger partial charge >= 0.3 is 0 Å². The molecule has 0 aromatic rings. The molecule has 2 aliphatic heterocycles. The summed E-state index contributed by atoms with van der Waals surface area (Å²) in [5, 5.41) is 0. The molecule has 2 unspecified atom stereocenters. The molecule has 2 heteroatoms. The zero-order chi connectivity index (χ0) is 13.6. The lowest BCUT2D eigenvalue weighted by Gasteiger charge is -2.54. The topological polar surface area (TPSA) is 6.48 Å². The Labute approximate surface area is 113 Å². The molecule has 1 saturated heterocycles. The Balaban J connectivity index is 2.24. The van der Waals surface area contributed by atoms with Crippen LogP contribution in [0.2, 0.25) is 0 Å². The van der Waals surface area contributed by atoms with E-state index in [0.717, 1.165) is 0 Å². The number of piperazine rings is 1.